The Balaban J connectivity index is 2.04. The van der Waals surface area contributed by atoms with Crippen LogP contribution in [0.25, 0.3) is 0 Å². The molecule has 2 aromatic rings. The number of halogens is 1. The first kappa shape index (κ1) is 14.0. The molecule has 2 aromatic heterocycles. The first-order chi connectivity index (χ1) is 8.54. The third-order valence-corrected chi connectivity index (χ3v) is 4.34. The van der Waals surface area contributed by atoms with Gasteiger partial charge in [-0.2, -0.15) is 5.10 Å². The zero-order valence-electron chi connectivity index (χ0n) is 10.9. The Kier molecular flexibility index (Phi) is 4.80. The second-order valence-electron chi connectivity index (χ2n) is 4.69. The molecule has 2 rings (SSSR count). The average molecular weight is 375 g/mol. The zero-order valence-corrected chi connectivity index (χ0v) is 13.9. The number of aryl methyl sites for hydroxylation is 1. The predicted octanol–water partition coefficient (Wildman–Crippen LogP) is 3.40. The van der Waals surface area contributed by atoms with Gasteiger partial charge < -0.3 is 5.32 Å². The van der Waals surface area contributed by atoms with Crippen molar-refractivity contribution in [1.29, 1.82) is 0 Å². The van der Waals surface area contributed by atoms with Gasteiger partial charge in [0.1, 0.15) is 0 Å². The van der Waals surface area contributed by atoms with Gasteiger partial charge in [0, 0.05) is 28.5 Å². The van der Waals surface area contributed by atoms with E-state index in [1.165, 1.54) is 18.9 Å². The number of aromatic nitrogens is 2. The molecule has 98 valence electrons. The van der Waals surface area contributed by atoms with Gasteiger partial charge in [0.05, 0.1) is 16.3 Å². The first-order valence-corrected chi connectivity index (χ1v) is 7.93. The summed E-state index contributed by atoms with van der Waals surface area (Å²) >= 11 is 4.16. The summed E-state index contributed by atoms with van der Waals surface area (Å²) in [6.45, 7) is 8.36. The van der Waals surface area contributed by atoms with Crippen LogP contribution in [0.2, 0.25) is 0 Å². The minimum Gasteiger partial charge on any atom is -0.310 e. The molecule has 0 saturated carbocycles. The summed E-state index contributed by atoms with van der Waals surface area (Å²) < 4.78 is 3.18. The Bertz CT molecular complexity index is 516. The molecular weight excluding hydrogens is 357 g/mol. The SMILES string of the molecule is Cc1sc(CNC(C)C)cc1Cn1cc(I)cn1. The Morgan fingerprint density at radius 3 is 2.89 bits per heavy atom. The van der Waals surface area contributed by atoms with E-state index < -0.39 is 0 Å². The Labute approximate surface area is 126 Å². The highest BCUT2D eigenvalue weighted by molar-refractivity contribution is 14.1. The van der Waals surface area contributed by atoms with Crippen molar-refractivity contribution < 1.29 is 0 Å². The van der Waals surface area contributed by atoms with Crippen LogP contribution in [-0.4, -0.2) is 15.8 Å². The van der Waals surface area contributed by atoms with Crippen LogP contribution in [0.1, 0.15) is 29.2 Å². The number of hydrogen-bond acceptors (Lipinski definition) is 3. The summed E-state index contributed by atoms with van der Waals surface area (Å²) in [6, 6.07) is 2.83. The molecule has 0 aromatic carbocycles. The molecule has 0 spiro atoms. The average Bonchev–Trinajstić information content (AvgIpc) is 2.84. The first-order valence-electron chi connectivity index (χ1n) is 6.04. The number of nitrogens with zero attached hydrogens (tertiary/aromatic N) is 2. The Hall–Kier alpha value is -0.400. The van der Waals surface area contributed by atoms with Gasteiger partial charge in [0.25, 0.3) is 0 Å². The maximum Gasteiger partial charge on any atom is 0.0670 e. The second-order valence-corrected chi connectivity index (χ2v) is 7.27. The van der Waals surface area contributed by atoms with Crippen molar-refractivity contribution in [2.24, 2.45) is 0 Å². The minimum absolute atomic E-state index is 0.531. The van der Waals surface area contributed by atoms with E-state index in [1.807, 2.05) is 22.2 Å². The highest BCUT2D eigenvalue weighted by Crippen LogP contribution is 2.22. The summed E-state index contributed by atoms with van der Waals surface area (Å²) in [7, 11) is 0. The lowest BCUT2D eigenvalue weighted by molar-refractivity contribution is 0.593. The quantitative estimate of drug-likeness (QED) is 0.812. The number of rotatable bonds is 5. The highest BCUT2D eigenvalue weighted by Gasteiger charge is 2.07. The third kappa shape index (κ3) is 3.80. The Morgan fingerprint density at radius 2 is 2.28 bits per heavy atom. The minimum atomic E-state index is 0.531. The monoisotopic (exact) mass is 375 g/mol. The normalized spacial score (nSPS) is 11.4. The van der Waals surface area contributed by atoms with E-state index in [2.05, 4.69) is 66.0 Å². The highest BCUT2D eigenvalue weighted by atomic mass is 127. The third-order valence-electron chi connectivity index (χ3n) is 2.69. The summed E-state index contributed by atoms with van der Waals surface area (Å²) in [5, 5.41) is 7.79. The van der Waals surface area contributed by atoms with Gasteiger partial charge in [-0.25, -0.2) is 0 Å². The van der Waals surface area contributed by atoms with Crippen LogP contribution in [0.5, 0.6) is 0 Å². The van der Waals surface area contributed by atoms with Gasteiger partial charge in [-0.3, -0.25) is 4.68 Å². The van der Waals surface area contributed by atoms with Crippen LogP contribution in [0, 0.1) is 10.5 Å². The van der Waals surface area contributed by atoms with Gasteiger partial charge >= 0.3 is 0 Å². The summed E-state index contributed by atoms with van der Waals surface area (Å²) in [4.78, 5) is 2.79. The topological polar surface area (TPSA) is 29.9 Å². The largest absolute Gasteiger partial charge is 0.310 e. The van der Waals surface area contributed by atoms with Crippen molar-refractivity contribution in [3.63, 3.8) is 0 Å². The molecule has 5 heteroatoms. The lowest BCUT2D eigenvalue weighted by atomic mass is 10.2. The second kappa shape index (κ2) is 6.16. The molecule has 18 heavy (non-hydrogen) atoms. The Morgan fingerprint density at radius 1 is 1.50 bits per heavy atom. The lowest BCUT2D eigenvalue weighted by Crippen LogP contribution is -2.21. The van der Waals surface area contributed by atoms with Crippen molar-refractivity contribution in [2.75, 3.05) is 0 Å². The van der Waals surface area contributed by atoms with Crippen molar-refractivity contribution >= 4 is 33.9 Å². The smallest absolute Gasteiger partial charge is 0.0670 e. The number of nitrogens with one attached hydrogen (secondary N) is 1. The fourth-order valence-electron chi connectivity index (χ4n) is 1.74. The summed E-state index contributed by atoms with van der Waals surface area (Å²) in [6.07, 6.45) is 3.97. The van der Waals surface area contributed by atoms with E-state index in [0.717, 1.165) is 13.1 Å². The fourth-order valence-corrected chi connectivity index (χ4v) is 3.19. The molecule has 3 nitrogen and oxygen atoms in total. The van der Waals surface area contributed by atoms with Gasteiger partial charge in [-0.1, -0.05) is 13.8 Å². The summed E-state index contributed by atoms with van der Waals surface area (Å²) in [5.41, 5.74) is 1.38. The van der Waals surface area contributed by atoms with Gasteiger partial charge in [0.15, 0.2) is 0 Å². The fraction of sp³-hybridized carbons (Fsp3) is 0.462. The van der Waals surface area contributed by atoms with Crippen molar-refractivity contribution in [3.05, 3.63) is 37.3 Å². The van der Waals surface area contributed by atoms with E-state index in [4.69, 9.17) is 0 Å². The molecule has 0 aliphatic carbocycles. The molecule has 2 heterocycles. The van der Waals surface area contributed by atoms with Crippen molar-refractivity contribution in [3.8, 4) is 0 Å². The standard InChI is InChI=1S/C13H18IN3S/c1-9(2)15-6-13-4-11(10(3)18-13)7-17-8-12(14)5-16-17/h4-5,8-9,15H,6-7H2,1-3H3. The van der Waals surface area contributed by atoms with Crippen LogP contribution in [0.3, 0.4) is 0 Å². The lowest BCUT2D eigenvalue weighted by Gasteiger charge is -2.05. The number of thiophene rings is 1. The van der Waals surface area contributed by atoms with Crippen LogP contribution >= 0.6 is 33.9 Å². The van der Waals surface area contributed by atoms with E-state index >= 15 is 0 Å². The van der Waals surface area contributed by atoms with Crippen molar-refractivity contribution in [2.45, 2.75) is 39.9 Å². The van der Waals surface area contributed by atoms with Crippen LogP contribution in [0.15, 0.2) is 18.5 Å². The van der Waals surface area contributed by atoms with Crippen LogP contribution in [0.4, 0.5) is 0 Å². The van der Waals surface area contributed by atoms with Crippen molar-refractivity contribution in [1.82, 2.24) is 15.1 Å². The molecule has 0 aliphatic heterocycles. The predicted molar refractivity (Wildman–Crippen MR) is 85.1 cm³/mol. The molecule has 0 saturated heterocycles. The molecule has 0 amide bonds. The van der Waals surface area contributed by atoms with E-state index in [1.54, 1.807) is 0 Å². The van der Waals surface area contributed by atoms with Crippen LogP contribution < -0.4 is 5.32 Å². The van der Waals surface area contributed by atoms with E-state index in [-0.39, 0.29) is 0 Å². The van der Waals surface area contributed by atoms with Crippen LogP contribution in [-0.2, 0) is 13.1 Å². The molecule has 0 atom stereocenters. The van der Waals surface area contributed by atoms with E-state index in [0.29, 0.717) is 6.04 Å². The molecule has 0 radical (unpaired) electrons. The zero-order chi connectivity index (χ0) is 13.1. The molecule has 0 bridgehead atoms. The molecule has 0 aliphatic rings. The van der Waals surface area contributed by atoms with Gasteiger partial charge in [-0.05, 0) is 41.1 Å². The molecule has 0 fully saturated rings. The van der Waals surface area contributed by atoms with E-state index in [9.17, 15) is 0 Å². The number of hydrogen-bond donors (Lipinski definition) is 1. The van der Waals surface area contributed by atoms with Gasteiger partial charge in [0.2, 0.25) is 0 Å². The summed E-state index contributed by atoms with van der Waals surface area (Å²) in [5.74, 6) is 0. The molecule has 1 N–H and O–H groups in total. The maximum atomic E-state index is 4.33. The van der Waals surface area contributed by atoms with Gasteiger partial charge in [-0.15, -0.1) is 11.3 Å². The molecular formula is C13H18IN3S. The molecule has 0 unspecified atom stereocenters. The maximum absolute atomic E-state index is 4.33.